The number of aromatic nitrogens is 2. The molecular weight excluding hydrogens is 463 g/mol. The highest BCUT2D eigenvalue weighted by Crippen LogP contribution is 2.29. The molecule has 0 atom stereocenters. The van der Waals surface area contributed by atoms with Gasteiger partial charge in [0.2, 0.25) is 21.1 Å². The molecule has 0 aliphatic rings. The van der Waals surface area contributed by atoms with Crippen LogP contribution in [0.2, 0.25) is 10.0 Å². The number of amides is 1. The molecule has 0 bridgehead atoms. The largest absolute Gasteiger partial charge is 0.301 e. The number of sulfonamides is 1. The summed E-state index contributed by atoms with van der Waals surface area (Å²) in [5, 5.41) is 12.0. The van der Waals surface area contributed by atoms with E-state index in [1.165, 1.54) is 27.8 Å². The maximum absolute atomic E-state index is 12.1. The minimum atomic E-state index is -3.54. The zero-order valence-electron chi connectivity index (χ0n) is 15.5. The van der Waals surface area contributed by atoms with Crippen molar-refractivity contribution in [2.24, 2.45) is 0 Å². The molecule has 12 heteroatoms. The number of halogens is 2. The van der Waals surface area contributed by atoms with Crippen molar-refractivity contribution >= 4 is 73.0 Å². The van der Waals surface area contributed by atoms with Crippen LogP contribution in [-0.2, 0) is 14.8 Å². The third-order valence-corrected chi connectivity index (χ3v) is 7.21. The van der Waals surface area contributed by atoms with Crippen molar-refractivity contribution in [3.05, 3.63) is 28.2 Å². The van der Waals surface area contributed by atoms with Crippen LogP contribution in [0.1, 0.15) is 26.7 Å². The van der Waals surface area contributed by atoms with E-state index < -0.39 is 10.0 Å². The van der Waals surface area contributed by atoms with Gasteiger partial charge in [0.15, 0.2) is 4.34 Å². The molecule has 1 amide bonds. The quantitative estimate of drug-likeness (QED) is 0.416. The predicted octanol–water partition coefficient (Wildman–Crippen LogP) is 4.53. The lowest BCUT2D eigenvalue weighted by atomic mass is 10.2. The number of carbonyl (C=O) groups excluding carboxylic acids is 1. The molecule has 0 saturated carbocycles. The van der Waals surface area contributed by atoms with Crippen molar-refractivity contribution in [1.29, 1.82) is 0 Å². The zero-order chi connectivity index (χ0) is 20.9. The van der Waals surface area contributed by atoms with Gasteiger partial charge in [0.25, 0.3) is 0 Å². The molecule has 7 nitrogen and oxygen atoms in total. The first-order chi connectivity index (χ1) is 13.1. The molecule has 0 saturated heterocycles. The Kier molecular flexibility index (Phi) is 8.38. The molecule has 0 aliphatic heterocycles. The highest BCUT2D eigenvalue weighted by molar-refractivity contribution is 8.01. The summed E-state index contributed by atoms with van der Waals surface area (Å²) in [5.74, 6) is -0.250. The van der Waals surface area contributed by atoms with Crippen molar-refractivity contribution in [2.75, 3.05) is 22.4 Å². The Morgan fingerprint density at radius 1 is 1.29 bits per heavy atom. The Bertz CT molecular complexity index is 935. The lowest BCUT2D eigenvalue weighted by Crippen LogP contribution is -2.31. The predicted molar refractivity (Wildman–Crippen MR) is 117 cm³/mol. The highest BCUT2D eigenvalue weighted by atomic mass is 35.5. The fraction of sp³-hybridized carbons (Fsp3) is 0.438. The van der Waals surface area contributed by atoms with E-state index in [1.54, 1.807) is 17.8 Å². The second-order valence-corrected chi connectivity index (χ2v) is 11.6. The van der Waals surface area contributed by atoms with E-state index in [0.717, 1.165) is 10.6 Å². The Balaban J connectivity index is 1.93. The zero-order valence-corrected chi connectivity index (χ0v) is 19.4. The van der Waals surface area contributed by atoms with E-state index in [0.29, 0.717) is 27.5 Å². The van der Waals surface area contributed by atoms with E-state index in [1.807, 2.05) is 13.8 Å². The summed E-state index contributed by atoms with van der Waals surface area (Å²) in [6.07, 6.45) is 1.57. The summed E-state index contributed by atoms with van der Waals surface area (Å²) in [7, 11) is -3.54. The molecule has 0 fully saturated rings. The highest BCUT2D eigenvalue weighted by Gasteiger charge is 2.19. The smallest absolute Gasteiger partial charge is 0.232 e. The van der Waals surface area contributed by atoms with Crippen LogP contribution in [0.15, 0.2) is 22.5 Å². The van der Waals surface area contributed by atoms with Crippen LogP contribution in [0.25, 0.3) is 0 Å². The van der Waals surface area contributed by atoms with E-state index in [9.17, 15) is 13.2 Å². The van der Waals surface area contributed by atoms with Gasteiger partial charge in [0.05, 0.1) is 22.0 Å². The van der Waals surface area contributed by atoms with Gasteiger partial charge in [0.1, 0.15) is 0 Å². The summed E-state index contributed by atoms with van der Waals surface area (Å²) in [5.41, 5.74) is 0.400. The van der Waals surface area contributed by atoms with Crippen molar-refractivity contribution in [3.63, 3.8) is 0 Å². The Morgan fingerprint density at radius 2 is 2.00 bits per heavy atom. The van der Waals surface area contributed by atoms with Gasteiger partial charge in [0, 0.05) is 18.2 Å². The van der Waals surface area contributed by atoms with Crippen molar-refractivity contribution < 1.29 is 13.2 Å². The van der Waals surface area contributed by atoms with E-state index >= 15 is 0 Å². The van der Waals surface area contributed by atoms with Gasteiger partial charge in [-0.1, -0.05) is 60.1 Å². The number of hydrogen-bond donors (Lipinski definition) is 1. The summed E-state index contributed by atoms with van der Waals surface area (Å²) in [4.78, 5) is 12.1. The van der Waals surface area contributed by atoms with Crippen LogP contribution in [0, 0.1) is 0 Å². The normalized spacial score (nSPS) is 11.6. The van der Waals surface area contributed by atoms with Crippen LogP contribution in [0.5, 0.6) is 0 Å². The molecule has 0 aliphatic carbocycles. The number of thioether (sulfide) groups is 1. The lowest BCUT2D eigenvalue weighted by molar-refractivity contribution is -0.116. The summed E-state index contributed by atoms with van der Waals surface area (Å²) in [6.45, 7) is 4.23. The third-order valence-electron chi connectivity index (χ3n) is 3.35. The molecule has 0 unspecified atom stereocenters. The van der Waals surface area contributed by atoms with Gasteiger partial charge >= 0.3 is 0 Å². The van der Waals surface area contributed by atoms with Gasteiger partial charge in [-0.25, -0.2) is 8.42 Å². The molecule has 154 valence electrons. The number of nitrogens with one attached hydrogen (secondary N) is 1. The minimum Gasteiger partial charge on any atom is -0.301 e. The number of carbonyl (C=O) groups is 1. The minimum absolute atomic E-state index is 0.134. The van der Waals surface area contributed by atoms with E-state index in [4.69, 9.17) is 23.2 Å². The Hall–Kier alpha value is -1.07. The number of anilines is 2. The number of benzene rings is 1. The standard InChI is InChI=1S/C16H20Cl2N4O3S3/c1-10(2)26-16-21-20-15(27-16)19-14(23)5-4-8-22(28(3,24)25)11-6-7-12(17)13(18)9-11/h6-7,9-10H,4-5,8H2,1-3H3,(H,19,20,23). The van der Waals surface area contributed by atoms with E-state index in [2.05, 4.69) is 15.5 Å². The van der Waals surface area contributed by atoms with Gasteiger partial charge in [-0.3, -0.25) is 9.10 Å². The SMILES string of the molecule is CC(C)Sc1nnc(NC(=O)CCCN(c2ccc(Cl)c(Cl)c2)S(C)(=O)=O)s1. The van der Waals surface area contributed by atoms with Crippen LogP contribution in [0.3, 0.4) is 0 Å². The first-order valence-corrected chi connectivity index (χ1v) is 12.6. The summed E-state index contributed by atoms with van der Waals surface area (Å²) in [6, 6.07) is 4.59. The van der Waals surface area contributed by atoms with Gasteiger partial charge in [-0.15, -0.1) is 10.2 Å². The molecular formula is C16H20Cl2N4O3S3. The van der Waals surface area contributed by atoms with Crippen LogP contribution >= 0.6 is 46.3 Å². The molecule has 2 rings (SSSR count). The maximum Gasteiger partial charge on any atom is 0.232 e. The fourth-order valence-electron chi connectivity index (χ4n) is 2.20. The van der Waals surface area contributed by atoms with Gasteiger partial charge in [-0.05, 0) is 24.6 Å². The van der Waals surface area contributed by atoms with Gasteiger partial charge in [-0.2, -0.15) is 0 Å². The first kappa shape index (κ1) is 23.2. The number of hydrogen-bond acceptors (Lipinski definition) is 7. The van der Waals surface area contributed by atoms with Crippen molar-refractivity contribution in [3.8, 4) is 0 Å². The van der Waals surface area contributed by atoms with Crippen molar-refractivity contribution in [2.45, 2.75) is 36.3 Å². The average Bonchev–Trinajstić information content (AvgIpc) is 2.99. The summed E-state index contributed by atoms with van der Waals surface area (Å²) >= 11 is 14.8. The van der Waals surface area contributed by atoms with Crippen LogP contribution in [0.4, 0.5) is 10.8 Å². The molecule has 1 aromatic carbocycles. The van der Waals surface area contributed by atoms with Crippen molar-refractivity contribution in [1.82, 2.24) is 10.2 Å². The maximum atomic E-state index is 12.1. The average molecular weight is 483 g/mol. The second kappa shape index (κ2) is 10.1. The van der Waals surface area contributed by atoms with Gasteiger partial charge < -0.3 is 5.32 Å². The summed E-state index contributed by atoms with van der Waals surface area (Å²) < 4.78 is 26.2. The molecule has 2 aromatic rings. The Labute approximate surface area is 182 Å². The number of nitrogens with zero attached hydrogens (tertiary/aromatic N) is 3. The molecule has 1 N–H and O–H groups in total. The topological polar surface area (TPSA) is 92.3 Å². The molecule has 1 heterocycles. The molecule has 28 heavy (non-hydrogen) atoms. The Morgan fingerprint density at radius 3 is 2.61 bits per heavy atom. The van der Waals surface area contributed by atoms with Crippen LogP contribution in [-0.4, -0.2) is 42.6 Å². The van der Waals surface area contributed by atoms with E-state index in [-0.39, 0.29) is 23.9 Å². The molecule has 0 radical (unpaired) electrons. The number of rotatable bonds is 9. The monoisotopic (exact) mass is 482 g/mol. The molecule has 0 spiro atoms. The second-order valence-electron chi connectivity index (χ2n) is 6.12. The molecule has 1 aromatic heterocycles. The van der Waals surface area contributed by atoms with Crippen LogP contribution < -0.4 is 9.62 Å². The lowest BCUT2D eigenvalue weighted by Gasteiger charge is -2.22. The third kappa shape index (κ3) is 7.07. The first-order valence-electron chi connectivity index (χ1n) is 8.29. The fourth-order valence-corrected chi connectivity index (χ4v) is 5.44.